The highest BCUT2D eigenvalue weighted by Gasteiger charge is 2.36. The predicted molar refractivity (Wildman–Crippen MR) is 115 cm³/mol. The smallest absolute Gasteiger partial charge is 0.255 e. The van der Waals surface area contributed by atoms with Gasteiger partial charge in [-0.2, -0.15) is 0 Å². The van der Waals surface area contributed by atoms with E-state index in [-0.39, 0.29) is 24.4 Å². The second-order valence-corrected chi connectivity index (χ2v) is 7.98. The van der Waals surface area contributed by atoms with Gasteiger partial charge in [0.25, 0.3) is 5.91 Å². The Labute approximate surface area is 176 Å². The number of rotatable bonds is 6. The highest BCUT2D eigenvalue weighted by Crippen LogP contribution is 2.26. The fourth-order valence-electron chi connectivity index (χ4n) is 3.73. The first-order chi connectivity index (χ1) is 14.3. The van der Waals surface area contributed by atoms with E-state index in [9.17, 15) is 9.59 Å². The molecule has 9 nitrogen and oxygen atoms in total. The van der Waals surface area contributed by atoms with Crippen molar-refractivity contribution in [1.82, 2.24) is 25.2 Å². The van der Waals surface area contributed by atoms with E-state index in [1.54, 1.807) is 17.3 Å². The molecule has 3 rings (SSSR count). The summed E-state index contributed by atoms with van der Waals surface area (Å²) >= 11 is 0. The molecule has 2 amide bonds. The van der Waals surface area contributed by atoms with Crippen molar-refractivity contribution < 1.29 is 9.59 Å². The second kappa shape index (κ2) is 8.53. The molecule has 2 N–H and O–H groups in total. The van der Waals surface area contributed by atoms with Gasteiger partial charge in [-0.05, 0) is 26.3 Å². The van der Waals surface area contributed by atoms with Gasteiger partial charge >= 0.3 is 0 Å². The molecule has 1 saturated heterocycles. The molecular weight excluding hydrogens is 382 g/mol. The van der Waals surface area contributed by atoms with Gasteiger partial charge in [0.1, 0.15) is 17.4 Å². The monoisotopic (exact) mass is 409 g/mol. The molecule has 0 bridgehead atoms. The lowest BCUT2D eigenvalue weighted by atomic mass is 9.98. The molecule has 30 heavy (non-hydrogen) atoms. The number of carbonyl (C=O) groups is 2. The Morgan fingerprint density at radius 2 is 2.23 bits per heavy atom. The fraction of sp³-hybridized carbons (Fsp3) is 0.476. The number of hydrogen-bond donors (Lipinski definition) is 2. The SMILES string of the molecule is [C-]#[N+]C[C@@H](CC)NC(=O)c1c[nH]c2ncc(N3CCN(C(=O)C=C)C(C)(C)C3)nc12. The summed E-state index contributed by atoms with van der Waals surface area (Å²) in [6.45, 7) is 18.5. The maximum Gasteiger partial charge on any atom is 0.255 e. The standard InChI is InChI=1S/C21H27N7O2/c1-6-14(10-22-5)25-20(30)15-11-23-19-18(15)26-16(12-24-19)27-8-9-28(17(29)7-2)21(3,4)13-27/h7,11-12,14H,2,6,8-10,13H2,1,3-4H3,(H,23,24)(H,25,30)/t14-/m1/s1. The highest BCUT2D eigenvalue weighted by molar-refractivity contribution is 6.04. The molecule has 0 radical (unpaired) electrons. The third-order valence-electron chi connectivity index (χ3n) is 5.42. The van der Waals surface area contributed by atoms with Crippen molar-refractivity contribution in [2.24, 2.45) is 0 Å². The maximum absolute atomic E-state index is 12.7. The number of amides is 2. The van der Waals surface area contributed by atoms with Crippen LogP contribution >= 0.6 is 0 Å². The van der Waals surface area contributed by atoms with E-state index in [2.05, 4.69) is 31.6 Å². The number of piperazine rings is 1. The van der Waals surface area contributed by atoms with Gasteiger partial charge in [-0.1, -0.05) is 13.5 Å². The van der Waals surface area contributed by atoms with Crippen LogP contribution in [0.5, 0.6) is 0 Å². The number of nitrogens with zero attached hydrogens (tertiary/aromatic N) is 5. The average molecular weight is 409 g/mol. The first-order valence-electron chi connectivity index (χ1n) is 9.98. The minimum absolute atomic E-state index is 0.0873. The van der Waals surface area contributed by atoms with Gasteiger partial charge in [-0.15, -0.1) is 0 Å². The van der Waals surface area contributed by atoms with Crippen LogP contribution in [0.4, 0.5) is 5.82 Å². The zero-order valence-corrected chi connectivity index (χ0v) is 17.6. The molecule has 0 spiro atoms. The van der Waals surface area contributed by atoms with E-state index < -0.39 is 5.54 Å². The number of aromatic amines is 1. The Kier molecular flexibility index (Phi) is 6.06. The number of fused-ring (bicyclic) bond motifs is 1. The van der Waals surface area contributed by atoms with Crippen molar-refractivity contribution in [3.8, 4) is 0 Å². The van der Waals surface area contributed by atoms with E-state index in [1.165, 1.54) is 6.08 Å². The van der Waals surface area contributed by atoms with Gasteiger partial charge in [-0.25, -0.2) is 16.5 Å². The molecule has 0 saturated carbocycles. The molecule has 2 aromatic heterocycles. The van der Waals surface area contributed by atoms with Gasteiger partial charge in [-0.3, -0.25) is 9.59 Å². The van der Waals surface area contributed by atoms with Crippen LogP contribution < -0.4 is 10.2 Å². The summed E-state index contributed by atoms with van der Waals surface area (Å²) in [5, 5.41) is 2.89. The number of carbonyl (C=O) groups excluding carboxylic acids is 2. The van der Waals surface area contributed by atoms with E-state index in [0.717, 1.165) is 0 Å². The van der Waals surface area contributed by atoms with Crippen LogP contribution in [0, 0.1) is 6.57 Å². The Hall–Kier alpha value is -3.41. The van der Waals surface area contributed by atoms with Crippen LogP contribution in [0.3, 0.4) is 0 Å². The number of H-pyrrole nitrogens is 1. The summed E-state index contributed by atoms with van der Waals surface area (Å²) in [7, 11) is 0. The van der Waals surface area contributed by atoms with Crippen molar-refractivity contribution in [3.63, 3.8) is 0 Å². The average Bonchev–Trinajstić information content (AvgIpc) is 3.15. The normalized spacial score (nSPS) is 16.7. The second-order valence-electron chi connectivity index (χ2n) is 7.98. The van der Waals surface area contributed by atoms with E-state index in [1.807, 2.05) is 20.8 Å². The number of hydrogen-bond acceptors (Lipinski definition) is 5. The molecule has 3 heterocycles. The van der Waals surface area contributed by atoms with Crippen LogP contribution in [0.25, 0.3) is 16.0 Å². The van der Waals surface area contributed by atoms with Gasteiger partial charge < -0.3 is 24.9 Å². The third-order valence-corrected chi connectivity index (χ3v) is 5.42. The molecule has 1 fully saturated rings. The molecular formula is C21H27N7O2. The van der Waals surface area contributed by atoms with Crippen LogP contribution in [0.1, 0.15) is 37.6 Å². The number of aromatic nitrogens is 3. The zero-order chi connectivity index (χ0) is 21.9. The number of nitrogens with one attached hydrogen (secondary N) is 2. The molecule has 1 aliphatic rings. The summed E-state index contributed by atoms with van der Waals surface area (Å²) in [5.74, 6) is 0.295. The summed E-state index contributed by atoms with van der Waals surface area (Å²) in [5.41, 5.74) is 1.03. The van der Waals surface area contributed by atoms with Crippen molar-refractivity contribution in [2.75, 3.05) is 31.1 Å². The Bertz CT molecular complexity index is 1000. The minimum Gasteiger partial charge on any atom is -0.351 e. The molecule has 0 aromatic carbocycles. The largest absolute Gasteiger partial charge is 0.351 e. The lowest BCUT2D eigenvalue weighted by Gasteiger charge is -2.47. The van der Waals surface area contributed by atoms with Crippen molar-refractivity contribution in [3.05, 3.63) is 42.0 Å². The fourth-order valence-corrected chi connectivity index (χ4v) is 3.73. The van der Waals surface area contributed by atoms with Crippen molar-refractivity contribution in [1.29, 1.82) is 0 Å². The zero-order valence-electron chi connectivity index (χ0n) is 17.6. The van der Waals surface area contributed by atoms with Crippen LogP contribution in [0.15, 0.2) is 25.0 Å². The van der Waals surface area contributed by atoms with E-state index in [4.69, 9.17) is 11.6 Å². The summed E-state index contributed by atoms with van der Waals surface area (Å²) in [6, 6.07) is -0.202. The topological polar surface area (TPSA) is 98.6 Å². The van der Waals surface area contributed by atoms with Gasteiger partial charge in [0.2, 0.25) is 12.5 Å². The first-order valence-corrected chi connectivity index (χ1v) is 9.98. The van der Waals surface area contributed by atoms with Crippen molar-refractivity contribution >= 4 is 28.8 Å². The quantitative estimate of drug-likeness (QED) is 0.562. The summed E-state index contributed by atoms with van der Waals surface area (Å²) in [6.07, 6.45) is 5.29. The van der Waals surface area contributed by atoms with E-state index >= 15 is 0 Å². The minimum atomic E-state index is -0.396. The molecule has 1 aliphatic heterocycles. The molecule has 1 atom stereocenters. The molecule has 2 aromatic rings. The van der Waals surface area contributed by atoms with Gasteiger partial charge in [0.15, 0.2) is 5.65 Å². The van der Waals surface area contributed by atoms with Crippen molar-refractivity contribution in [2.45, 2.75) is 38.8 Å². The Balaban J connectivity index is 1.85. The summed E-state index contributed by atoms with van der Waals surface area (Å²) < 4.78 is 0. The number of anilines is 1. The Morgan fingerprint density at radius 1 is 1.47 bits per heavy atom. The lowest BCUT2D eigenvalue weighted by molar-refractivity contribution is -0.131. The highest BCUT2D eigenvalue weighted by atomic mass is 16.2. The van der Waals surface area contributed by atoms with Crippen LogP contribution in [-0.2, 0) is 4.79 Å². The summed E-state index contributed by atoms with van der Waals surface area (Å²) in [4.78, 5) is 44.2. The molecule has 9 heteroatoms. The van der Waals surface area contributed by atoms with Crippen LogP contribution in [-0.4, -0.2) is 69.4 Å². The van der Waals surface area contributed by atoms with Gasteiger partial charge in [0, 0.05) is 25.8 Å². The lowest BCUT2D eigenvalue weighted by Crippen LogP contribution is -2.61. The third kappa shape index (κ3) is 4.13. The molecule has 158 valence electrons. The van der Waals surface area contributed by atoms with E-state index in [0.29, 0.717) is 48.6 Å². The predicted octanol–water partition coefficient (Wildman–Crippen LogP) is 2.00. The van der Waals surface area contributed by atoms with Gasteiger partial charge in [0.05, 0.1) is 17.3 Å². The maximum atomic E-state index is 12.7. The molecule has 0 aliphatic carbocycles. The molecule has 0 unspecified atom stereocenters. The Morgan fingerprint density at radius 3 is 2.87 bits per heavy atom. The van der Waals surface area contributed by atoms with Crippen LogP contribution in [0.2, 0.25) is 0 Å². The first kappa shape index (κ1) is 21.3.